The van der Waals surface area contributed by atoms with Crippen molar-refractivity contribution in [2.24, 2.45) is 0 Å². The lowest BCUT2D eigenvalue weighted by molar-refractivity contribution is 0.897. The smallest absolute Gasteiger partial charge is 0.130 e. The Morgan fingerprint density at radius 2 is 1.82 bits per heavy atom. The molecular weight excluding hydrogens is 272 g/mol. The average molecular weight is 292 g/mol. The van der Waals surface area contributed by atoms with Gasteiger partial charge in [0.1, 0.15) is 11.6 Å². The zero-order chi connectivity index (χ0) is 15.4. The molecule has 1 aliphatic rings. The summed E-state index contributed by atoms with van der Waals surface area (Å²) >= 11 is 0. The zero-order valence-electron chi connectivity index (χ0n) is 12.9. The van der Waals surface area contributed by atoms with E-state index in [2.05, 4.69) is 53.0 Å². The van der Waals surface area contributed by atoms with Crippen LogP contribution >= 0.6 is 0 Å². The molecule has 1 aromatic heterocycles. The molecule has 3 rings (SSSR count). The Kier molecular flexibility index (Phi) is 4.10. The molecule has 3 N–H and O–H groups in total. The van der Waals surface area contributed by atoms with Crippen LogP contribution in [-0.2, 0) is 0 Å². The van der Waals surface area contributed by atoms with Crippen molar-refractivity contribution in [1.29, 1.82) is 0 Å². The van der Waals surface area contributed by atoms with Crippen molar-refractivity contribution in [3.05, 3.63) is 71.7 Å². The number of anilines is 3. The van der Waals surface area contributed by atoms with Gasteiger partial charge in [0.15, 0.2) is 0 Å². The van der Waals surface area contributed by atoms with Crippen LogP contribution in [0.3, 0.4) is 0 Å². The number of hydrogen-bond acceptors (Lipinski definition) is 4. The van der Waals surface area contributed by atoms with Crippen molar-refractivity contribution in [3.8, 4) is 0 Å². The third kappa shape index (κ3) is 3.28. The molecule has 2 heterocycles. The molecule has 0 aliphatic carbocycles. The monoisotopic (exact) mass is 292 g/mol. The Morgan fingerprint density at radius 1 is 1.05 bits per heavy atom. The first-order valence-corrected chi connectivity index (χ1v) is 7.39. The van der Waals surface area contributed by atoms with E-state index in [1.54, 1.807) is 6.20 Å². The number of dihydropyridines is 1. The van der Waals surface area contributed by atoms with Gasteiger partial charge in [0.05, 0.1) is 11.4 Å². The molecule has 0 radical (unpaired) electrons. The molecule has 0 unspecified atom stereocenters. The van der Waals surface area contributed by atoms with Crippen molar-refractivity contribution in [3.63, 3.8) is 0 Å². The molecule has 0 spiro atoms. The molecule has 0 bridgehead atoms. The summed E-state index contributed by atoms with van der Waals surface area (Å²) in [4.78, 5) is 4.33. The van der Waals surface area contributed by atoms with E-state index in [0.29, 0.717) is 0 Å². The van der Waals surface area contributed by atoms with E-state index in [4.69, 9.17) is 0 Å². The predicted octanol–water partition coefficient (Wildman–Crippen LogP) is 3.85. The van der Waals surface area contributed by atoms with Gasteiger partial charge in [0, 0.05) is 12.7 Å². The lowest BCUT2D eigenvalue weighted by atomic mass is 10.1. The van der Waals surface area contributed by atoms with Crippen LogP contribution in [0.1, 0.15) is 11.1 Å². The van der Waals surface area contributed by atoms with E-state index in [-0.39, 0.29) is 0 Å². The minimum Gasteiger partial charge on any atom is -0.368 e. The highest BCUT2D eigenvalue weighted by molar-refractivity contribution is 5.76. The first kappa shape index (κ1) is 14.2. The number of rotatable bonds is 4. The van der Waals surface area contributed by atoms with Crippen LogP contribution in [-0.4, -0.2) is 11.5 Å². The van der Waals surface area contributed by atoms with E-state index in [0.717, 1.165) is 29.6 Å². The number of benzene rings is 1. The van der Waals surface area contributed by atoms with Gasteiger partial charge in [-0.2, -0.15) is 0 Å². The summed E-state index contributed by atoms with van der Waals surface area (Å²) in [5, 5.41) is 10.1. The summed E-state index contributed by atoms with van der Waals surface area (Å²) in [6, 6.07) is 10.1. The predicted molar refractivity (Wildman–Crippen MR) is 92.3 cm³/mol. The van der Waals surface area contributed by atoms with Gasteiger partial charge in [-0.15, -0.1) is 0 Å². The minimum absolute atomic E-state index is 0.833. The number of pyridine rings is 1. The molecule has 0 atom stereocenters. The van der Waals surface area contributed by atoms with Crippen molar-refractivity contribution in [2.75, 3.05) is 17.2 Å². The molecule has 0 fully saturated rings. The van der Waals surface area contributed by atoms with Crippen molar-refractivity contribution >= 4 is 17.2 Å². The summed E-state index contributed by atoms with van der Waals surface area (Å²) < 4.78 is 0. The lowest BCUT2D eigenvalue weighted by Gasteiger charge is -2.19. The molecule has 1 aliphatic heterocycles. The van der Waals surface area contributed by atoms with Crippen LogP contribution in [0.5, 0.6) is 0 Å². The fourth-order valence-corrected chi connectivity index (χ4v) is 2.29. The van der Waals surface area contributed by atoms with Gasteiger partial charge in [-0.25, -0.2) is 4.98 Å². The molecule has 4 heteroatoms. The van der Waals surface area contributed by atoms with Crippen LogP contribution in [0.2, 0.25) is 0 Å². The van der Waals surface area contributed by atoms with Gasteiger partial charge < -0.3 is 16.0 Å². The Hall–Kier alpha value is -2.75. The molecule has 2 aromatic rings. The van der Waals surface area contributed by atoms with Crippen molar-refractivity contribution in [1.82, 2.24) is 10.3 Å². The third-order valence-corrected chi connectivity index (χ3v) is 3.64. The average Bonchev–Trinajstić information content (AvgIpc) is 2.54. The molecule has 4 nitrogen and oxygen atoms in total. The Balaban J connectivity index is 1.91. The topological polar surface area (TPSA) is 49.0 Å². The molecule has 0 saturated heterocycles. The molecule has 0 saturated carbocycles. The highest BCUT2D eigenvalue weighted by atomic mass is 15.1. The Labute approximate surface area is 131 Å². The quantitative estimate of drug-likeness (QED) is 0.801. The van der Waals surface area contributed by atoms with Crippen molar-refractivity contribution in [2.45, 2.75) is 13.8 Å². The van der Waals surface area contributed by atoms with Crippen LogP contribution in [0.15, 0.2) is 60.6 Å². The van der Waals surface area contributed by atoms with Crippen LogP contribution in [0, 0.1) is 13.8 Å². The largest absolute Gasteiger partial charge is 0.368 e. The summed E-state index contributed by atoms with van der Waals surface area (Å²) in [7, 11) is 0. The SMILES string of the molecule is Cc1cc(NC2=CC=CCN2)c(Nc2ccccn2)cc1C. The number of hydrogen-bond donors (Lipinski definition) is 3. The van der Waals surface area contributed by atoms with Crippen molar-refractivity contribution < 1.29 is 0 Å². The van der Waals surface area contributed by atoms with E-state index in [1.807, 2.05) is 30.4 Å². The zero-order valence-corrected chi connectivity index (χ0v) is 12.9. The minimum atomic E-state index is 0.833. The van der Waals surface area contributed by atoms with Gasteiger partial charge in [-0.05, 0) is 55.3 Å². The second kappa shape index (κ2) is 6.35. The maximum Gasteiger partial charge on any atom is 0.130 e. The Morgan fingerprint density at radius 3 is 2.45 bits per heavy atom. The summed E-state index contributed by atoms with van der Waals surface area (Å²) in [5.41, 5.74) is 4.54. The normalized spacial score (nSPS) is 13.3. The van der Waals surface area contributed by atoms with Crippen LogP contribution < -0.4 is 16.0 Å². The van der Waals surface area contributed by atoms with Gasteiger partial charge in [0.25, 0.3) is 0 Å². The lowest BCUT2D eigenvalue weighted by Crippen LogP contribution is -2.22. The second-order valence-electron chi connectivity index (χ2n) is 5.34. The third-order valence-electron chi connectivity index (χ3n) is 3.64. The van der Waals surface area contributed by atoms with Crippen LogP contribution in [0.25, 0.3) is 0 Å². The summed E-state index contributed by atoms with van der Waals surface area (Å²) in [5.74, 6) is 1.83. The maximum absolute atomic E-state index is 4.33. The first-order chi connectivity index (χ1) is 10.7. The van der Waals surface area contributed by atoms with E-state index >= 15 is 0 Å². The second-order valence-corrected chi connectivity index (χ2v) is 5.34. The molecule has 112 valence electrons. The molecule has 22 heavy (non-hydrogen) atoms. The fourth-order valence-electron chi connectivity index (χ4n) is 2.29. The summed E-state index contributed by atoms with van der Waals surface area (Å²) in [6.07, 6.45) is 7.94. The Bertz CT molecular complexity index is 717. The van der Waals surface area contributed by atoms with Gasteiger partial charge in [-0.1, -0.05) is 18.2 Å². The van der Waals surface area contributed by atoms with E-state index in [9.17, 15) is 0 Å². The number of nitrogens with one attached hydrogen (secondary N) is 3. The summed E-state index contributed by atoms with van der Waals surface area (Å²) in [6.45, 7) is 5.07. The maximum atomic E-state index is 4.33. The van der Waals surface area contributed by atoms with Crippen LogP contribution in [0.4, 0.5) is 17.2 Å². The number of aromatic nitrogens is 1. The van der Waals surface area contributed by atoms with Gasteiger partial charge >= 0.3 is 0 Å². The standard InChI is InChI=1S/C18H20N4/c1-13-11-15(21-17-7-3-5-9-19-17)16(12-14(13)2)22-18-8-4-6-10-20-18/h3-9,11-12,20,22H,10H2,1-2H3,(H,19,21). The first-order valence-electron chi connectivity index (χ1n) is 7.39. The number of aryl methyl sites for hydroxylation is 2. The number of nitrogens with zero attached hydrogens (tertiary/aromatic N) is 1. The number of allylic oxidation sites excluding steroid dienone is 2. The van der Waals surface area contributed by atoms with E-state index < -0.39 is 0 Å². The molecule has 1 aromatic carbocycles. The highest BCUT2D eigenvalue weighted by Crippen LogP contribution is 2.29. The van der Waals surface area contributed by atoms with Gasteiger partial charge in [-0.3, -0.25) is 0 Å². The van der Waals surface area contributed by atoms with Gasteiger partial charge in [0.2, 0.25) is 0 Å². The fraction of sp³-hybridized carbons (Fsp3) is 0.167. The highest BCUT2D eigenvalue weighted by Gasteiger charge is 2.08. The van der Waals surface area contributed by atoms with E-state index in [1.165, 1.54) is 11.1 Å². The molecular formula is C18H20N4. The molecule has 0 amide bonds.